The van der Waals surface area contributed by atoms with Crippen molar-refractivity contribution in [3.63, 3.8) is 0 Å². The zero-order valence-corrected chi connectivity index (χ0v) is 14.5. The lowest BCUT2D eigenvalue weighted by Crippen LogP contribution is -2.30. The zero-order valence-electron chi connectivity index (χ0n) is 14.5. The lowest BCUT2D eigenvalue weighted by Gasteiger charge is -2.27. The second kappa shape index (κ2) is 5.51. The van der Waals surface area contributed by atoms with Crippen molar-refractivity contribution in [2.75, 3.05) is 24.7 Å². The highest BCUT2D eigenvalue weighted by atomic mass is 16.5. The van der Waals surface area contributed by atoms with E-state index in [1.165, 1.54) is 12.8 Å². The molecule has 1 saturated carbocycles. The highest BCUT2D eigenvalue weighted by Gasteiger charge is 2.31. The molecule has 0 N–H and O–H groups in total. The van der Waals surface area contributed by atoms with Crippen LogP contribution in [-0.4, -0.2) is 44.6 Å². The fourth-order valence-electron chi connectivity index (χ4n) is 3.97. The molecule has 1 unspecified atom stereocenters. The molecule has 0 aromatic carbocycles. The molecule has 0 radical (unpaired) electrons. The van der Waals surface area contributed by atoms with Crippen LogP contribution in [0.2, 0.25) is 0 Å². The van der Waals surface area contributed by atoms with Gasteiger partial charge in [0.15, 0.2) is 5.89 Å². The second-order valence-electron chi connectivity index (χ2n) is 7.48. The predicted molar refractivity (Wildman–Crippen MR) is 92.2 cm³/mol. The lowest BCUT2D eigenvalue weighted by molar-refractivity contribution is 0.190. The van der Waals surface area contributed by atoms with Crippen molar-refractivity contribution in [2.45, 2.75) is 44.1 Å². The Morgan fingerprint density at radius 1 is 1.15 bits per heavy atom. The van der Waals surface area contributed by atoms with Crippen LogP contribution in [-0.2, 0) is 17.7 Å². The summed E-state index contributed by atoms with van der Waals surface area (Å²) in [6.45, 7) is 3.15. The van der Waals surface area contributed by atoms with Crippen molar-refractivity contribution in [3.05, 3.63) is 35.4 Å². The SMILES string of the molecule is c1c(C2CC2)nn2cnnc2c1N1CCc2oc(C3CCOC3)nc2C1. The van der Waals surface area contributed by atoms with Crippen LogP contribution in [0.4, 0.5) is 5.69 Å². The molecule has 2 aliphatic heterocycles. The summed E-state index contributed by atoms with van der Waals surface area (Å²) in [5.41, 5.74) is 4.09. The van der Waals surface area contributed by atoms with Gasteiger partial charge in [-0.05, 0) is 25.3 Å². The maximum atomic E-state index is 6.06. The topological polar surface area (TPSA) is 81.6 Å². The number of anilines is 1. The molecule has 5 heterocycles. The second-order valence-corrected chi connectivity index (χ2v) is 7.48. The highest BCUT2D eigenvalue weighted by molar-refractivity contribution is 5.69. The predicted octanol–water partition coefficient (Wildman–Crippen LogP) is 2.06. The molecule has 1 saturated heterocycles. The largest absolute Gasteiger partial charge is 0.445 e. The molecular weight excluding hydrogens is 332 g/mol. The number of fused-ring (bicyclic) bond motifs is 2. The van der Waals surface area contributed by atoms with Crippen LogP contribution >= 0.6 is 0 Å². The molecule has 3 aromatic rings. The Hall–Kier alpha value is -2.48. The average molecular weight is 352 g/mol. The van der Waals surface area contributed by atoms with E-state index in [4.69, 9.17) is 14.1 Å². The van der Waals surface area contributed by atoms with E-state index in [1.54, 1.807) is 6.33 Å². The van der Waals surface area contributed by atoms with Crippen LogP contribution in [0, 0.1) is 0 Å². The number of aromatic nitrogens is 5. The first-order valence-corrected chi connectivity index (χ1v) is 9.37. The van der Waals surface area contributed by atoms with Gasteiger partial charge in [-0.15, -0.1) is 10.2 Å². The normalized spacial score (nSPS) is 22.9. The minimum Gasteiger partial charge on any atom is -0.445 e. The van der Waals surface area contributed by atoms with Crippen LogP contribution < -0.4 is 4.90 Å². The summed E-state index contributed by atoms with van der Waals surface area (Å²) in [4.78, 5) is 7.13. The summed E-state index contributed by atoms with van der Waals surface area (Å²) >= 11 is 0. The van der Waals surface area contributed by atoms with Crippen molar-refractivity contribution in [1.82, 2.24) is 24.8 Å². The number of oxazole rings is 1. The average Bonchev–Trinajstić information content (AvgIpc) is 3.07. The molecular formula is C18H20N6O2. The van der Waals surface area contributed by atoms with E-state index in [0.29, 0.717) is 11.8 Å². The van der Waals surface area contributed by atoms with Crippen molar-refractivity contribution < 1.29 is 9.15 Å². The molecule has 3 aliphatic rings. The van der Waals surface area contributed by atoms with Crippen LogP contribution in [0.1, 0.15) is 54.1 Å². The Morgan fingerprint density at radius 3 is 2.96 bits per heavy atom. The molecule has 26 heavy (non-hydrogen) atoms. The highest BCUT2D eigenvalue weighted by Crippen LogP contribution is 2.41. The van der Waals surface area contributed by atoms with Crippen LogP contribution in [0.15, 0.2) is 16.8 Å². The van der Waals surface area contributed by atoms with Crippen LogP contribution in [0.5, 0.6) is 0 Å². The van der Waals surface area contributed by atoms with E-state index in [1.807, 2.05) is 4.52 Å². The minimum atomic E-state index is 0.305. The smallest absolute Gasteiger partial charge is 0.200 e. The molecule has 8 heteroatoms. The number of nitrogens with zero attached hydrogens (tertiary/aromatic N) is 6. The van der Waals surface area contributed by atoms with E-state index in [-0.39, 0.29) is 0 Å². The molecule has 134 valence electrons. The first-order valence-electron chi connectivity index (χ1n) is 9.37. The molecule has 8 nitrogen and oxygen atoms in total. The molecule has 0 bridgehead atoms. The molecule has 6 rings (SSSR count). The van der Waals surface area contributed by atoms with Crippen molar-refractivity contribution >= 4 is 11.3 Å². The van der Waals surface area contributed by atoms with Gasteiger partial charge in [0.25, 0.3) is 0 Å². The molecule has 0 spiro atoms. The van der Waals surface area contributed by atoms with Crippen molar-refractivity contribution in [2.24, 2.45) is 0 Å². The van der Waals surface area contributed by atoms with Crippen LogP contribution in [0.3, 0.4) is 0 Å². The number of ether oxygens (including phenoxy) is 1. The van der Waals surface area contributed by atoms with Gasteiger partial charge in [-0.3, -0.25) is 0 Å². The number of hydrogen-bond acceptors (Lipinski definition) is 7. The third kappa shape index (κ3) is 2.32. The Kier molecular flexibility index (Phi) is 3.11. The van der Waals surface area contributed by atoms with E-state index < -0.39 is 0 Å². The van der Waals surface area contributed by atoms with Gasteiger partial charge in [-0.25, -0.2) is 4.98 Å². The Labute approximate surface area is 150 Å². The van der Waals surface area contributed by atoms with Gasteiger partial charge in [0.05, 0.1) is 30.5 Å². The molecule has 1 atom stereocenters. The Morgan fingerprint density at radius 2 is 2.12 bits per heavy atom. The fraction of sp³-hybridized carbons (Fsp3) is 0.556. The van der Waals surface area contributed by atoms with Crippen LogP contribution in [0.25, 0.3) is 5.65 Å². The summed E-state index contributed by atoms with van der Waals surface area (Å²) in [6.07, 6.45) is 5.99. The van der Waals surface area contributed by atoms with E-state index >= 15 is 0 Å². The van der Waals surface area contributed by atoms with Gasteiger partial charge in [0, 0.05) is 25.5 Å². The monoisotopic (exact) mass is 352 g/mol. The van der Waals surface area contributed by atoms with E-state index in [9.17, 15) is 0 Å². The van der Waals surface area contributed by atoms with Gasteiger partial charge in [0.1, 0.15) is 17.8 Å². The summed E-state index contributed by atoms with van der Waals surface area (Å²) in [7, 11) is 0. The standard InChI is InChI=1S/C18H20N6O2/c1-2-11(1)13-7-15(17-21-19-10-24(17)22-13)23-5-3-16-14(8-23)20-18(26-16)12-4-6-25-9-12/h7,10-12H,1-6,8-9H2. The van der Waals surface area contributed by atoms with Gasteiger partial charge in [-0.2, -0.15) is 9.61 Å². The maximum Gasteiger partial charge on any atom is 0.200 e. The molecule has 0 amide bonds. The minimum absolute atomic E-state index is 0.305. The Bertz CT molecular complexity index is 969. The van der Waals surface area contributed by atoms with Crippen molar-refractivity contribution in [1.29, 1.82) is 0 Å². The first-order chi connectivity index (χ1) is 12.8. The molecule has 1 aliphatic carbocycles. The van der Waals surface area contributed by atoms with Gasteiger partial charge in [0.2, 0.25) is 5.65 Å². The third-order valence-corrected chi connectivity index (χ3v) is 5.63. The maximum absolute atomic E-state index is 6.06. The summed E-state index contributed by atoms with van der Waals surface area (Å²) in [5.74, 6) is 2.76. The van der Waals surface area contributed by atoms with Gasteiger partial charge >= 0.3 is 0 Å². The first kappa shape index (κ1) is 14.7. The van der Waals surface area contributed by atoms with Gasteiger partial charge < -0.3 is 14.1 Å². The van der Waals surface area contributed by atoms with E-state index in [0.717, 1.165) is 73.5 Å². The summed E-state index contributed by atoms with van der Waals surface area (Å²) in [5, 5.41) is 13.0. The quantitative estimate of drug-likeness (QED) is 0.713. The Balaban J connectivity index is 1.35. The zero-order chi connectivity index (χ0) is 17.1. The number of rotatable bonds is 3. The molecule has 2 fully saturated rings. The number of hydrogen-bond donors (Lipinski definition) is 0. The summed E-state index contributed by atoms with van der Waals surface area (Å²) in [6, 6.07) is 2.19. The fourth-order valence-corrected chi connectivity index (χ4v) is 3.97. The molecule has 3 aromatic heterocycles. The van der Waals surface area contributed by atoms with Gasteiger partial charge in [-0.1, -0.05) is 0 Å². The van der Waals surface area contributed by atoms with Crippen molar-refractivity contribution in [3.8, 4) is 0 Å². The summed E-state index contributed by atoms with van der Waals surface area (Å²) < 4.78 is 13.3. The lowest BCUT2D eigenvalue weighted by atomic mass is 10.1. The van der Waals surface area contributed by atoms with E-state index in [2.05, 4.69) is 26.3 Å². The third-order valence-electron chi connectivity index (χ3n) is 5.63.